The summed E-state index contributed by atoms with van der Waals surface area (Å²) in [6, 6.07) is 4.48. The second-order valence-electron chi connectivity index (χ2n) is 4.48. The normalized spacial score (nSPS) is 10.8. The fourth-order valence-corrected chi connectivity index (χ4v) is 1.87. The van der Waals surface area contributed by atoms with Crippen molar-refractivity contribution in [3.63, 3.8) is 0 Å². The van der Waals surface area contributed by atoms with Crippen molar-refractivity contribution in [2.24, 2.45) is 0 Å². The molecule has 0 unspecified atom stereocenters. The lowest BCUT2D eigenvalue weighted by Crippen LogP contribution is -2.12. The van der Waals surface area contributed by atoms with Gasteiger partial charge in [-0.1, -0.05) is 6.92 Å². The smallest absolute Gasteiger partial charge is 0.305 e. The second-order valence-corrected chi connectivity index (χ2v) is 4.48. The molecule has 2 rings (SSSR count). The predicted molar refractivity (Wildman–Crippen MR) is 72.7 cm³/mol. The number of rotatable bonds is 6. The van der Waals surface area contributed by atoms with E-state index < -0.39 is 22.2 Å². The van der Waals surface area contributed by atoms with E-state index in [1.54, 1.807) is 6.07 Å². The molecule has 1 N–H and O–H groups in total. The first-order chi connectivity index (χ1) is 10.0. The zero-order chi connectivity index (χ0) is 15.4. The zero-order valence-corrected chi connectivity index (χ0v) is 11.4. The van der Waals surface area contributed by atoms with Crippen LogP contribution < -0.4 is 5.32 Å². The largest absolute Gasteiger partial charge is 0.460 e. The second kappa shape index (κ2) is 6.45. The van der Waals surface area contributed by atoms with Crippen LogP contribution >= 0.6 is 0 Å². The van der Waals surface area contributed by atoms with Gasteiger partial charge in [0.05, 0.1) is 17.0 Å². The molecule has 0 atom stereocenters. The first kappa shape index (κ1) is 15.1. The third kappa shape index (κ3) is 3.43. The van der Waals surface area contributed by atoms with Gasteiger partial charge in [0.15, 0.2) is 0 Å². The van der Waals surface area contributed by atoms with Crippen LogP contribution in [0.1, 0.15) is 19.1 Å². The maximum atomic E-state index is 13.8. The molecule has 1 aromatic carbocycles. The highest BCUT2D eigenvalue weighted by molar-refractivity contribution is 5.62. The van der Waals surface area contributed by atoms with E-state index in [0.717, 1.165) is 19.0 Å². The summed E-state index contributed by atoms with van der Waals surface area (Å²) >= 11 is 0. The minimum atomic E-state index is -1.21. The molecule has 112 valence electrons. The van der Waals surface area contributed by atoms with Crippen molar-refractivity contribution in [3.8, 4) is 11.3 Å². The molecule has 21 heavy (non-hydrogen) atoms. The van der Waals surface area contributed by atoms with Crippen LogP contribution in [-0.2, 0) is 6.54 Å². The van der Waals surface area contributed by atoms with E-state index >= 15 is 0 Å². The summed E-state index contributed by atoms with van der Waals surface area (Å²) in [4.78, 5) is 9.80. The number of benzene rings is 1. The van der Waals surface area contributed by atoms with Crippen LogP contribution in [0.25, 0.3) is 11.3 Å². The number of furan rings is 1. The molecule has 5 nitrogen and oxygen atoms in total. The standard InChI is InChI=1S/C14H14F2N2O3/c1-2-5-17-8-9-3-4-14(21-9)10-6-13(18(19)20)12(16)7-11(10)15/h3-4,6-7,17H,2,5,8H2,1H3. The van der Waals surface area contributed by atoms with E-state index in [2.05, 4.69) is 5.32 Å². The van der Waals surface area contributed by atoms with E-state index in [0.29, 0.717) is 18.4 Å². The molecule has 1 heterocycles. The fourth-order valence-electron chi connectivity index (χ4n) is 1.87. The van der Waals surface area contributed by atoms with Gasteiger partial charge in [-0.2, -0.15) is 4.39 Å². The lowest BCUT2D eigenvalue weighted by Gasteiger charge is -2.02. The van der Waals surface area contributed by atoms with E-state index in [9.17, 15) is 18.9 Å². The molecule has 0 saturated heterocycles. The number of nitrogens with zero attached hydrogens (tertiary/aromatic N) is 1. The summed E-state index contributed by atoms with van der Waals surface area (Å²) in [5, 5.41) is 13.8. The Kier molecular flexibility index (Phi) is 4.64. The van der Waals surface area contributed by atoms with Crippen LogP contribution in [0.15, 0.2) is 28.7 Å². The highest BCUT2D eigenvalue weighted by Gasteiger charge is 2.21. The number of nitro benzene ring substituents is 1. The Hall–Kier alpha value is -2.28. The lowest BCUT2D eigenvalue weighted by atomic mass is 10.1. The van der Waals surface area contributed by atoms with Crippen LogP contribution in [0.4, 0.5) is 14.5 Å². The molecular weight excluding hydrogens is 282 g/mol. The van der Waals surface area contributed by atoms with Gasteiger partial charge in [-0.3, -0.25) is 10.1 Å². The van der Waals surface area contributed by atoms with E-state index in [1.165, 1.54) is 6.07 Å². The first-order valence-corrected chi connectivity index (χ1v) is 6.46. The maximum absolute atomic E-state index is 13.8. The van der Waals surface area contributed by atoms with Gasteiger partial charge in [-0.15, -0.1) is 0 Å². The van der Waals surface area contributed by atoms with Gasteiger partial charge in [-0.05, 0) is 25.1 Å². The minimum Gasteiger partial charge on any atom is -0.460 e. The van der Waals surface area contributed by atoms with Crippen molar-refractivity contribution >= 4 is 5.69 Å². The Morgan fingerprint density at radius 3 is 2.71 bits per heavy atom. The van der Waals surface area contributed by atoms with Crippen molar-refractivity contribution in [3.05, 3.63) is 51.8 Å². The van der Waals surface area contributed by atoms with Gasteiger partial charge in [0.25, 0.3) is 0 Å². The van der Waals surface area contributed by atoms with Crippen LogP contribution in [0, 0.1) is 21.7 Å². The van der Waals surface area contributed by atoms with Crippen LogP contribution in [-0.4, -0.2) is 11.5 Å². The monoisotopic (exact) mass is 296 g/mol. The Morgan fingerprint density at radius 2 is 2.05 bits per heavy atom. The molecule has 0 aliphatic heterocycles. The Bertz CT molecular complexity index is 656. The Morgan fingerprint density at radius 1 is 1.29 bits per heavy atom. The number of nitro groups is 1. The molecule has 0 aliphatic rings. The van der Waals surface area contributed by atoms with E-state index in [1.807, 2.05) is 6.92 Å². The summed E-state index contributed by atoms with van der Waals surface area (Å²) in [6.45, 7) is 3.30. The molecule has 7 heteroatoms. The molecule has 0 bridgehead atoms. The summed E-state index contributed by atoms with van der Waals surface area (Å²) in [5.41, 5.74) is -0.918. The van der Waals surface area contributed by atoms with Crippen molar-refractivity contribution in [1.82, 2.24) is 5.32 Å². The van der Waals surface area contributed by atoms with Gasteiger partial charge < -0.3 is 9.73 Å². The highest BCUT2D eigenvalue weighted by Crippen LogP contribution is 2.30. The van der Waals surface area contributed by atoms with Gasteiger partial charge in [0.2, 0.25) is 5.82 Å². The topological polar surface area (TPSA) is 68.3 Å². The van der Waals surface area contributed by atoms with Crippen LogP contribution in [0.2, 0.25) is 0 Å². The van der Waals surface area contributed by atoms with Gasteiger partial charge in [0, 0.05) is 12.1 Å². The molecule has 0 radical (unpaired) electrons. The Labute approximate surface area is 119 Å². The van der Waals surface area contributed by atoms with Crippen LogP contribution in [0.3, 0.4) is 0 Å². The van der Waals surface area contributed by atoms with Crippen molar-refractivity contribution in [2.45, 2.75) is 19.9 Å². The van der Waals surface area contributed by atoms with Gasteiger partial charge >= 0.3 is 5.69 Å². The third-order valence-corrected chi connectivity index (χ3v) is 2.89. The number of halogens is 2. The molecule has 0 saturated carbocycles. The van der Waals surface area contributed by atoms with E-state index in [-0.39, 0.29) is 11.3 Å². The van der Waals surface area contributed by atoms with Crippen molar-refractivity contribution < 1.29 is 18.1 Å². The molecule has 0 aliphatic carbocycles. The summed E-state index contributed by atoms with van der Waals surface area (Å²) < 4.78 is 32.5. The van der Waals surface area contributed by atoms with Gasteiger partial charge in [0.1, 0.15) is 17.3 Å². The third-order valence-electron chi connectivity index (χ3n) is 2.89. The average molecular weight is 296 g/mol. The highest BCUT2D eigenvalue weighted by atomic mass is 19.1. The predicted octanol–water partition coefficient (Wildman–Crippen LogP) is 3.63. The average Bonchev–Trinajstić information content (AvgIpc) is 2.87. The summed E-state index contributed by atoms with van der Waals surface area (Å²) in [6.07, 6.45) is 0.965. The first-order valence-electron chi connectivity index (χ1n) is 6.46. The number of nitrogens with one attached hydrogen (secondary N) is 1. The number of hydrogen-bond donors (Lipinski definition) is 1. The zero-order valence-electron chi connectivity index (χ0n) is 11.4. The summed E-state index contributed by atoms with van der Waals surface area (Å²) in [5.74, 6) is -1.41. The van der Waals surface area contributed by atoms with Gasteiger partial charge in [-0.25, -0.2) is 4.39 Å². The molecule has 0 amide bonds. The van der Waals surface area contributed by atoms with Crippen LogP contribution in [0.5, 0.6) is 0 Å². The van der Waals surface area contributed by atoms with Crippen molar-refractivity contribution in [2.75, 3.05) is 6.54 Å². The van der Waals surface area contributed by atoms with E-state index in [4.69, 9.17) is 4.42 Å². The number of hydrogen-bond acceptors (Lipinski definition) is 4. The molecular formula is C14H14F2N2O3. The van der Waals surface area contributed by atoms with Crippen molar-refractivity contribution in [1.29, 1.82) is 0 Å². The Balaban J connectivity index is 2.29. The SMILES string of the molecule is CCCNCc1ccc(-c2cc([N+](=O)[O-])c(F)cc2F)o1. The fraction of sp³-hybridized carbons (Fsp3) is 0.286. The maximum Gasteiger partial charge on any atom is 0.305 e. The molecule has 0 spiro atoms. The lowest BCUT2D eigenvalue weighted by molar-refractivity contribution is -0.387. The summed E-state index contributed by atoms with van der Waals surface area (Å²) in [7, 11) is 0. The molecule has 1 aromatic heterocycles. The minimum absolute atomic E-state index is 0.129. The molecule has 2 aromatic rings. The molecule has 0 fully saturated rings. The quantitative estimate of drug-likeness (QED) is 0.502.